The van der Waals surface area contributed by atoms with Crippen molar-refractivity contribution in [2.45, 2.75) is 25.8 Å². The Bertz CT molecular complexity index is 443. The summed E-state index contributed by atoms with van der Waals surface area (Å²) in [4.78, 5) is 13.2. The summed E-state index contributed by atoms with van der Waals surface area (Å²) in [7, 11) is 2.02. The zero-order chi connectivity index (χ0) is 12.6. The molecule has 4 heteroatoms. The minimum absolute atomic E-state index is 0.323. The summed E-state index contributed by atoms with van der Waals surface area (Å²) in [6.07, 6.45) is 2.57. The zero-order valence-electron chi connectivity index (χ0n) is 9.98. The number of carboxylic acid groups (broad SMARTS) is 1. The highest BCUT2D eigenvalue weighted by Gasteiger charge is 2.30. The molecule has 3 nitrogen and oxygen atoms in total. The predicted molar refractivity (Wildman–Crippen MR) is 71.7 cm³/mol. The average molecular weight is 298 g/mol. The van der Waals surface area contributed by atoms with Crippen LogP contribution in [0.15, 0.2) is 22.7 Å². The van der Waals surface area contributed by atoms with Gasteiger partial charge in [0, 0.05) is 23.2 Å². The van der Waals surface area contributed by atoms with Crippen LogP contribution in [0.3, 0.4) is 0 Å². The molecule has 0 saturated heterocycles. The van der Waals surface area contributed by atoms with E-state index in [1.165, 1.54) is 12.8 Å². The van der Waals surface area contributed by atoms with E-state index in [1.54, 1.807) is 12.1 Å². The molecule has 0 spiro atoms. The van der Waals surface area contributed by atoms with E-state index >= 15 is 0 Å². The fourth-order valence-electron chi connectivity index (χ4n) is 2.03. The molecule has 1 aromatic rings. The van der Waals surface area contributed by atoms with Crippen molar-refractivity contribution in [3.8, 4) is 0 Å². The summed E-state index contributed by atoms with van der Waals surface area (Å²) in [5.74, 6) is -0.132. The van der Waals surface area contributed by atoms with Crippen molar-refractivity contribution in [3.63, 3.8) is 0 Å². The van der Waals surface area contributed by atoms with Gasteiger partial charge in [-0.05, 0) is 43.9 Å². The maximum atomic E-state index is 11.0. The molecular formula is C13H16BrNO2. The molecule has 0 radical (unpaired) electrons. The first-order valence-corrected chi connectivity index (χ1v) is 6.55. The van der Waals surface area contributed by atoms with Crippen LogP contribution >= 0.6 is 15.9 Å². The Kier molecular flexibility index (Phi) is 3.43. The van der Waals surface area contributed by atoms with Crippen LogP contribution in [0.25, 0.3) is 0 Å². The molecule has 0 amide bonds. The summed E-state index contributed by atoms with van der Waals surface area (Å²) < 4.78 is 0.808. The third kappa shape index (κ3) is 2.80. The highest BCUT2D eigenvalue weighted by atomic mass is 79.9. The molecule has 0 aromatic heterocycles. The van der Waals surface area contributed by atoms with Gasteiger partial charge in [-0.1, -0.05) is 15.9 Å². The molecule has 1 fully saturated rings. The summed E-state index contributed by atoms with van der Waals surface area (Å²) in [6.45, 7) is 2.19. The minimum atomic E-state index is -0.889. The van der Waals surface area contributed by atoms with Crippen molar-refractivity contribution in [3.05, 3.63) is 28.2 Å². The van der Waals surface area contributed by atoms with Gasteiger partial charge in [0.05, 0.1) is 5.56 Å². The summed E-state index contributed by atoms with van der Waals surface area (Å²) in [5.41, 5.74) is 1.28. The van der Waals surface area contributed by atoms with Crippen LogP contribution in [0.2, 0.25) is 0 Å². The predicted octanol–water partition coefficient (Wildman–Crippen LogP) is 3.38. The lowest BCUT2D eigenvalue weighted by atomic mass is 10.1. The number of benzene rings is 1. The molecule has 0 bridgehead atoms. The molecule has 92 valence electrons. The normalized spacial score (nSPS) is 16.6. The summed E-state index contributed by atoms with van der Waals surface area (Å²) in [6, 6.07) is 5.78. The van der Waals surface area contributed by atoms with E-state index in [2.05, 4.69) is 27.8 Å². The third-order valence-corrected chi connectivity index (χ3v) is 3.91. The minimum Gasteiger partial charge on any atom is -0.478 e. The van der Waals surface area contributed by atoms with Crippen molar-refractivity contribution < 1.29 is 9.90 Å². The molecule has 1 aliphatic rings. The molecule has 1 N–H and O–H groups in total. The molecule has 1 saturated carbocycles. The zero-order valence-corrected chi connectivity index (χ0v) is 11.6. The first-order chi connectivity index (χ1) is 7.99. The lowest BCUT2D eigenvalue weighted by Gasteiger charge is -2.27. The van der Waals surface area contributed by atoms with Gasteiger partial charge >= 0.3 is 5.97 Å². The van der Waals surface area contributed by atoms with Gasteiger partial charge in [-0.3, -0.25) is 0 Å². The van der Waals surface area contributed by atoms with E-state index < -0.39 is 5.97 Å². The monoisotopic (exact) mass is 297 g/mol. The summed E-state index contributed by atoms with van der Waals surface area (Å²) in [5, 5.41) is 9.04. The molecular weight excluding hydrogens is 282 g/mol. The van der Waals surface area contributed by atoms with E-state index in [4.69, 9.17) is 5.11 Å². The Morgan fingerprint density at radius 2 is 2.12 bits per heavy atom. The Morgan fingerprint density at radius 1 is 1.47 bits per heavy atom. The lowest BCUT2D eigenvalue weighted by molar-refractivity contribution is 0.0697. The maximum absolute atomic E-state index is 11.0. The van der Waals surface area contributed by atoms with Crippen LogP contribution in [0.5, 0.6) is 0 Å². The van der Waals surface area contributed by atoms with Gasteiger partial charge in [-0.25, -0.2) is 4.79 Å². The molecule has 1 aliphatic carbocycles. The van der Waals surface area contributed by atoms with Crippen LogP contribution in [0.4, 0.5) is 5.69 Å². The first kappa shape index (κ1) is 12.4. The third-order valence-electron chi connectivity index (χ3n) is 3.45. The van der Waals surface area contributed by atoms with E-state index in [9.17, 15) is 4.79 Å². The van der Waals surface area contributed by atoms with Gasteiger partial charge in [-0.2, -0.15) is 0 Å². The average Bonchev–Trinajstić information content (AvgIpc) is 3.10. The smallest absolute Gasteiger partial charge is 0.335 e. The van der Waals surface area contributed by atoms with E-state index in [0.29, 0.717) is 11.6 Å². The van der Waals surface area contributed by atoms with Crippen LogP contribution in [-0.2, 0) is 0 Å². The van der Waals surface area contributed by atoms with Crippen molar-refractivity contribution in [1.29, 1.82) is 0 Å². The van der Waals surface area contributed by atoms with Crippen LogP contribution in [0, 0.1) is 5.92 Å². The number of anilines is 1. The highest BCUT2D eigenvalue weighted by molar-refractivity contribution is 9.10. The second kappa shape index (κ2) is 4.69. The van der Waals surface area contributed by atoms with Crippen LogP contribution in [0.1, 0.15) is 30.1 Å². The fourth-order valence-corrected chi connectivity index (χ4v) is 2.51. The largest absolute Gasteiger partial charge is 0.478 e. The number of carbonyl (C=O) groups is 1. The molecule has 1 atom stereocenters. The SMILES string of the molecule is CC(C1CC1)N(C)c1cc(Br)cc(C(=O)O)c1. The molecule has 0 heterocycles. The Morgan fingerprint density at radius 3 is 2.65 bits per heavy atom. The van der Waals surface area contributed by atoms with Gasteiger partial charge in [0.25, 0.3) is 0 Å². The standard InChI is InChI=1S/C13H16BrNO2/c1-8(9-3-4-9)15(2)12-6-10(13(16)17)5-11(14)7-12/h5-9H,3-4H2,1-2H3,(H,16,17). The Labute approximate surface area is 110 Å². The van der Waals surface area contributed by atoms with Gasteiger partial charge < -0.3 is 10.0 Å². The van der Waals surface area contributed by atoms with Gasteiger partial charge in [0.2, 0.25) is 0 Å². The Balaban J connectivity index is 2.27. The fraction of sp³-hybridized carbons (Fsp3) is 0.462. The van der Waals surface area contributed by atoms with Crippen molar-refractivity contribution in [2.75, 3.05) is 11.9 Å². The van der Waals surface area contributed by atoms with Gasteiger partial charge in [0.1, 0.15) is 0 Å². The molecule has 0 aliphatic heterocycles. The lowest BCUT2D eigenvalue weighted by Crippen LogP contribution is -2.30. The summed E-state index contributed by atoms with van der Waals surface area (Å²) >= 11 is 3.36. The first-order valence-electron chi connectivity index (χ1n) is 5.75. The number of carboxylic acids is 1. The van der Waals surface area contributed by atoms with Crippen molar-refractivity contribution >= 4 is 27.6 Å². The quantitative estimate of drug-likeness (QED) is 0.926. The van der Waals surface area contributed by atoms with Crippen LogP contribution < -0.4 is 4.90 Å². The number of hydrogen-bond acceptors (Lipinski definition) is 2. The molecule has 1 unspecified atom stereocenters. The van der Waals surface area contributed by atoms with E-state index in [1.807, 2.05) is 13.1 Å². The van der Waals surface area contributed by atoms with Crippen LogP contribution in [-0.4, -0.2) is 24.2 Å². The van der Waals surface area contributed by atoms with Gasteiger partial charge in [-0.15, -0.1) is 0 Å². The molecule has 1 aromatic carbocycles. The second-order valence-corrected chi connectivity index (χ2v) is 5.61. The van der Waals surface area contributed by atoms with Crippen molar-refractivity contribution in [1.82, 2.24) is 0 Å². The maximum Gasteiger partial charge on any atom is 0.335 e. The van der Waals surface area contributed by atoms with E-state index in [-0.39, 0.29) is 0 Å². The Hall–Kier alpha value is -1.03. The number of rotatable bonds is 4. The topological polar surface area (TPSA) is 40.5 Å². The van der Waals surface area contributed by atoms with E-state index in [0.717, 1.165) is 16.1 Å². The molecule has 17 heavy (non-hydrogen) atoms. The van der Waals surface area contributed by atoms with Gasteiger partial charge in [0.15, 0.2) is 0 Å². The van der Waals surface area contributed by atoms with Crippen molar-refractivity contribution in [2.24, 2.45) is 5.92 Å². The number of aromatic carboxylic acids is 1. The highest BCUT2D eigenvalue weighted by Crippen LogP contribution is 2.36. The number of hydrogen-bond donors (Lipinski definition) is 1. The second-order valence-electron chi connectivity index (χ2n) is 4.69. The molecule has 2 rings (SSSR count). The number of halogens is 1. The number of nitrogens with zero attached hydrogens (tertiary/aromatic N) is 1.